The monoisotopic (exact) mass is 279 g/mol. The predicted molar refractivity (Wildman–Crippen MR) is 79.9 cm³/mol. The predicted octanol–water partition coefficient (Wildman–Crippen LogP) is 3.22. The first-order valence-electron chi connectivity index (χ1n) is 6.83. The van der Waals surface area contributed by atoms with Crippen LogP contribution < -0.4 is 10.1 Å². The van der Waals surface area contributed by atoms with Crippen molar-refractivity contribution >= 4 is 5.91 Å². The van der Waals surface area contributed by atoms with E-state index in [-0.39, 0.29) is 17.6 Å². The number of carbonyl (C=O) groups excluding carboxylic acids is 1. The zero-order valence-electron chi connectivity index (χ0n) is 13.0. The molecular formula is C16H25NO3. The van der Waals surface area contributed by atoms with Gasteiger partial charge in [0.1, 0.15) is 12.0 Å². The van der Waals surface area contributed by atoms with E-state index in [2.05, 4.69) is 26.1 Å². The number of methoxy groups -OCH3 is 2. The smallest absolute Gasteiger partial charge is 0.253 e. The molecule has 0 heterocycles. The Hall–Kier alpha value is -1.55. The van der Waals surface area contributed by atoms with Gasteiger partial charge in [0.15, 0.2) is 0 Å². The highest BCUT2D eigenvalue weighted by Gasteiger charge is 2.17. The molecule has 0 aliphatic heterocycles. The molecule has 1 aromatic carbocycles. The van der Waals surface area contributed by atoms with E-state index in [9.17, 15) is 4.79 Å². The molecule has 0 aromatic heterocycles. The topological polar surface area (TPSA) is 47.6 Å². The third kappa shape index (κ3) is 5.61. The fraction of sp³-hybridized carbons (Fsp3) is 0.562. The normalized spacial score (nSPS) is 12.8. The van der Waals surface area contributed by atoms with Gasteiger partial charge in [0.25, 0.3) is 5.91 Å². The first kappa shape index (κ1) is 16.5. The van der Waals surface area contributed by atoms with Gasteiger partial charge in [-0.1, -0.05) is 20.8 Å². The fourth-order valence-electron chi connectivity index (χ4n) is 1.78. The summed E-state index contributed by atoms with van der Waals surface area (Å²) in [6, 6.07) is 7.02. The Balaban J connectivity index is 2.57. The lowest BCUT2D eigenvalue weighted by molar-refractivity contribution is 0.0479. The van der Waals surface area contributed by atoms with E-state index in [1.165, 1.54) is 0 Å². The van der Waals surface area contributed by atoms with Crippen molar-refractivity contribution in [2.75, 3.05) is 14.2 Å². The minimum atomic E-state index is -0.260. The van der Waals surface area contributed by atoms with Crippen molar-refractivity contribution in [2.45, 2.75) is 39.8 Å². The van der Waals surface area contributed by atoms with Gasteiger partial charge in [0.05, 0.1) is 7.11 Å². The summed E-state index contributed by atoms with van der Waals surface area (Å²) in [5.74, 6) is 0.603. The molecule has 1 aromatic rings. The van der Waals surface area contributed by atoms with E-state index in [4.69, 9.17) is 9.47 Å². The quantitative estimate of drug-likeness (QED) is 0.813. The minimum absolute atomic E-state index is 0.131. The van der Waals surface area contributed by atoms with Gasteiger partial charge in [-0.15, -0.1) is 0 Å². The molecule has 0 fully saturated rings. The molecule has 1 N–H and O–H groups in total. The summed E-state index contributed by atoms with van der Waals surface area (Å²) in [7, 11) is 3.21. The molecule has 1 rings (SSSR count). The van der Waals surface area contributed by atoms with Gasteiger partial charge in [0, 0.05) is 12.7 Å². The first-order valence-corrected chi connectivity index (χ1v) is 6.83. The van der Waals surface area contributed by atoms with Crippen molar-refractivity contribution in [3.8, 4) is 5.75 Å². The Kier molecular flexibility index (Phi) is 6.02. The second-order valence-electron chi connectivity index (χ2n) is 6.03. The van der Waals surface area contributed by atoms with Crippen LogP contribution in [0.1, 0.15) is 44.0 Å². The summed E-state index contributed by atoms with van der Waals surface area (Å²) in [5.41, 5.74) is 0.824. The number of rotatable bonds is 6. The van der Waals surface area contributed by atoms with E-state index in [0.717, 1.165) is 18.6 Å². The van der Waals surface area contributed by atoms with Crippen LogP contribution >= 0.6 is 0 Å². The summed E-state index contributed by atoms with van der Waals surface area (Å²) in [4.78, 5) is 12.1. The zero-order chi connectivity index (χ0) is 15.2. The Morgan fingerprint density at radius 3 is 2.25 bits per heavy atom. The highest BCUT2D eigenvalue weighted by Crippen LogP contribution is 2.22. The van der Waals surface area contributed by atoms with Crippen LogP contribution in [0.3, 0.4) is 0 Å². The number of ether oxygens (including phenoxy) is 2. The SMILES string of the molecule is COc1ccc(C(=O)NC(CCC(C)(C)C)OC)cc1. The second-order valence-corrected chi connectivity index (χ2v) is 6.03. The Bertz CT molecular complexity index is 420. The molecule has 4 heteroatoms. The van der Waals surface area contributed by atoms with Crippen LogP contribution in [0, 0.1) is 5.41 Å². The van der Waals surface area contributed by atoms with Gasteiger partial charge in [-0.3, -0.25) is 4.79 Å². The highest BCUT2D eigenvalue weighted by atomic mass is 16.5. The van der Waals surface area contributed by atoms with Crippen LogP contribution in [0.2, 0.25) is 0 Å². The van der Waals surface area contributed by atoms with Gasteiger partial charge in [0.2, 0.25) is 0 Å². The van der Waals surface area contributed by atoms with Gasteiger partial charge in [-0.25, -0.2) is 0 Å². The summed E-state index contributed by atoms with van der Waals surface area (Å²) in [6.07, 6.45) is 1.51. The van der Waals surface area contributed by atoms with Crippen LogP contribution in [0.5, 0.6) is 5.75 Å². The molecule has 0 radical (unpaired) electrons. The average Bonchev–Trinajstić information content (AvgIpc) is 2.42. The Morgan fingerprint density at radius 1 is 1.20 bits per heavy atom. The van der Waals surface area contributed by atoms with E-state index >= 15 is 0 Å². The van der Waals surface area contributed by atoms with Crippen LogP contribution in [0.4, 0.5) is 0 Å². The maximum atomic E-state index is 12.1. The molecule has 112 valence electrons. The van der Waals surface area contributed by atoms with Gasteiger partial charge in [-0.2, -0.15) is 0 Å². The van der Waals surface area contributed by atoms with Crippen LogP contribution in [0.15, 0.2) is 24.3 Å². The summed E-state index contributed by atoms with van der Waals surface area (Å²) in [6.45, 7) is 6.51. The van der Waals surface area contributed by atoms with E-state index in [1.54, 1.807) is 38.5 Å². The molecule has 1 amide bonds. The standard InChI is InChI=1S/C16H25NO3/c1-16(2,3)11-10-14(20-5)17-15(18)12-6-8-13(19-4)9-7-12/h6-9,14H,10-11H2,1-5H3,(H,17,18). The molecule has 1 atom stereocenters. The first-order chi connectivity index (χ1) is 9.35. The lowest BCUT2D eigenvalue weighted by Crippen LogP contribution is -2.36. The van der Waals surface area contributed by atoms with Crippen molar-refractivity contribution in [2.24, 2.45) is 5.41 Å². The van der Waals surface area contributed by atoms with Gasteiger partial charge >= 0.3 is 0 Å². The molecule has 20 heavy (non-hydrogen) atoms. The third-order valence-corrected chi connectivity index (χ3v) is 3.09. The number of amides is 1. The molecule has 0 aliphatic rings. The van der Waals surface area contributed by atoms with E-state index in [0.29, 0.717) is 5.56 Å². The summed E-state index contributed by atoms with van der Waals surface area (Å²) in [5, 5.41) is 2.89. The Labute approximate surface area is 121 Å². The number of carbonyl (C=O) groups is 1. The second kappa shape index (κ2) is 7.29. The molecule has 1 unspecified atom stereocenters. The maximum absolute atomic E-state index is 12.1. The molecule has 4 nitrogen and oxygen atoms in total. The molecule has 0 bridgehead atoms. The van der Waals surface area contributed by atoms with Crippen LogP contribution in [-0.4, -0.2) is 26.4 Å². The van der Waals surface area contributed by atoms with Crippen LogP contribution in [0.25, 0.3) is 0 Å². The van der Waals surface area contributed by atoms with E-state index < -0.39 is 0 Å². The fourth-order valence-corrected chi connectivity index (χ4v) is 1.78. The zero-order valence-corrected chi connectivity index (χ0v) is 13.0. The minimum Gasteiger partial charge on any atom is -0.497 e. The lowest BCUT2D eigenvalue weighted by Gasteiger charge is -2.23. The molecule has 0 saturated carbocycles. The van der Waals surface area contributed by atoms with Crippen molar-refractivity contribution in [3.63, 3.8) is 0 Å². The van der Waals surface area contributed by atoms with E-state index in [1.807, 2.05) is 0 Å². The van der Waals surface area contributed by atoms with Crippen LogP contribution in [-0.2, 0) is 4.74 Å². The molecule has 0 saturated heterocycles. The Morgan fingerprint density at radius 2 is 1.80 bits per heavy atom. The molecule has 0 aliphatic carbocycles. The largest absolute Gasteiger partial charge is 0.497 e. The third-order valence-electron chi connectivity index (χ3n) is 3.09. The van der Waals surface area contributed by atoms with Crippen molar-refractivity contribution in [1.82, 2.24) is 5.32 Å². The molecule has 0 spiro atoms. The number of nitrogens with one attached hydrogen (secondary N) is 1. The average molecular weight is 279 g/mol. The van der Waals surface area contributed by atoms with Gasteiger partial charge in [-0.05, 0) is 42.5 Å². The van der Waals surface area contributed by atoms with Gasteiger partial charge < -0.3 is 14.8 Å². The lowest BCUT2D eigenvalue weighted by atomic mass is 9.90. The summed E-state index contributed by atoms with van der Waals surface area (Å²) < 4.78 is 10.4. The maximum Gasteiger partial charge on any atom is 0.253 e. The number of hydrogen-bond acceptors (Lipinski definition) is 3. The van der Waals surface area contributed by atoms with Crippen molar-refractivity contribution in [3.05, 3.63) is 29.8 Å². The summed E-state index contributed by atoms with van der Waals surface area (Å²) >= 11 is 0. The number of benzene rings is 1. The highest BCUT2D eigenvalue weighted by molar-refractivity contribution is 5.94. The number of hydrogen-bond donors (Lipinski definition) is 1. The molecular weight excluding hydrogens is 254 g/mol. The van der Waals surface area contributed by atoms with Crippen molar-refractivity contribution < 1.29 is 14.3 Å². The van der Waals surface area contributed by atoms with Crippen molar-refractivity contribution in [1.29, 1.82) is 0 Å².